The summed E-state index contributed by atoms with van der Waals surface area (Å²) in [6.07, 6.45) is 1.95. The average molecular weight is 377 g/mol. The summed E-state index contributed by atoms with van der Waals surface area (Å²) in [5.41, 5.74) is 6.47. The van der Waals surface area contributed by atoms with Gasteiger partial charge in [0.1, 0.15) is 5.52 Å². The van der Waals surface area contributed by atoms with Gasteiger partial charge in [0.05, 0.1) is 18.1 Å². The standard InChI is InChI=1S/C22H27N5O/c1-15-7-8-21-20(13-15)24-25-27(21)18-9-11-26(12-10-18)14-22(28)23-19-6-4-5-16(2)17(19)3/h4-8,13,18H,9-12,14H2,1-3H3,(H,23,28). The first kappa shape index (κ1) is 18.6. The lowest BCUT2D eigenvalue weighted by atomic mass is 10.0. The van der Waals surface area contributed by atoms with Crippen LogP contribution in [0, 0.1) is 20.8 Å². The molecule has 0 saturated carbocycles. The van der Waals surface area contributed by atoms with Crippen molar-refractivity contribution < 1.29 is 4.79 Å². The summed E-state index contributed by atoms with van der Waals surface area (Å²) in [5.74, 6) is 0.0498. The predicted octanol–water partition coefficient (Wildman–Crippen LogP) is 3.63. The van der Waals surface area contributed by atoms with Crippen molar-refractivity contribution in [1.82, 2.24) is 19.9 Å². The second kappa shape index (κ2) is 7.72. The van der Waals surface area contributed by atoms with Crippen molar-refractivity contribution in [3.63, 3.8) is 0 Å². The van der Waals surface area contributed by atoms with E-state index in [9.17, 15) is 4.79 Å². The topological polar surface area (TPSA) is 63.1 Å². The number of nitrogens with one attached hydrogen (secondary N) is 1. The molecule has 1 saturated heterocycles. The number of benzene rings is 2. The summed E-state index contributed by atoms with van der Waals surface area (Å²) < 4.78 is 2.06. The molecule has 2 aromatic carbocycles. The molecular formula is C22H27N5O. The van der Waals surface area contributed by atoms with E-state index in [0.717, 1.165) is 48.2 Å². The van der Waals surface area contributed by atoms with E-state index < -0.39 is 0 Å². The number of carbonyl (C=O) groups excluding carboxylic acids is 1. The zero-order chi connectivity index (χ0) is 19.7. The monoisotopic (exact) mass is 377 g/mol. The van der Waals surface area contributed by atoms with Gasteiger partial charge in [0.2, 0.25) is 5.91 Å². The van der Waals surface area contributed by atoms with Crippen LogP contribution in [0.15, 0.2) is 36.4 Å². The van der Waals surface area contributed by atoms with Gasteiger partial charge in [-0.1, -0.05) is 23.4 Å². The largest absolute Gasteiger partial charge is 0.325 e. The Morgan fingerprint density at radius 3 is 2.71 bits per heavy atom. The van der Waals surface area contributed by atoms with Crippen LogP contribution in [0.2, 0.25) is 0 Å². The number of nitrogens with zero attached hydrogens (tertiary/aromatic N) is 4. The highest BCUT2D eigenvalue weighted by atomic mass is 16.2. The zero-order valence-corrected chi connectivity index (χ0v) is 16.8. The first-order chi connectivity index (χ1) is 13.5. The molecule has 1 fully saturated rings. The maximum absolute atomic E-state index is 12.5. The highest BCUT2D eigenvalue weighted by Gasteiger charge is 2.24. The summed E-state index contributed by atoms with van der Waals surface area (Å²) in [6, 6.07) is 12.6. The van der Waals surface area contributed by atoms with E-state index in [1.165, 1.54) is 11.1 Å². The number of likely N-dealkylation sites (tertiary alicyclic amines) is 1. The fourth-order valence-electron chi connectivity index (χ4n) is 3.92. The van der Waals surface area contributed by atoms with E-state index in [4.69, 9.17) is 0 Å². The van der Waals surface area contributed by atoms with Crippen LogP contribution in [-0.2, 0) is 4.79 Å². The molecule has 0 atom stereocenters. The molecule has 0 spiro atoms. The number of aromatic nitrogens is 3. The molecule has 1 aromatic heterocycles. The van der Waals surface area contributed by atoms with Gasteiger partial charge in [-0.05, 0) is 68.5 Å². The Morgan fingerprint density at radius 1 is 1.14 bits per heavy atom. The van der Waals surface area contributed by atoms with Gasteiger partial charge in [-0.3, -0.25) is 9.69 Å². The van der Waals surface area contributed by atoms with Gasteiger partial charge in [-0.15, -0.1) is 5.10 Å². The first-order valence-electron chi connectivity index (χ1n) is 9.91. The third-order valence-corrected chi connectivity index (χ3v) is 5.78. The van der Waals surface area contributed by atoms with Crippen molar-refractivity contribution in [1.29, 1.82) is 0 Å². The molecule has 28 heavy (non-hydrogen) atoms. The zero-order valence-electron chi connectivity index (χ0n) is 16.8. The summed E-state index contributed by atoms with van der Waals surface area (Å²) in [7, 11) is 0. The normalized spacial score (nSPS) is 15.8. The molecule has 0 unspecified atom stereocenters. The van der Waals surface area contributed by atoms with Crippen molar-refractivity contribution in [3.8, 4) is 0 Å². The van der Waals surface area contributed by atoms with Gasteiger partial charge in [-0.2, -0.15) is 0 Å². The molecule has 6 heteroatoms. The second-order valence-corrected chi connectivity index (χ2v) is 7.83. The molecule has 1 amide bonds. The number of aryl methyl sites for hydroxylation is 2. The highest BCUT2D eigenvalue weighted by molar-refractivity contribution is 5.93. The minimum Gasteiger partial charge on any atom is -0.325 e. The molecule has 0 aliphatic carbocycles. The minimum atomic E-state index is 0.0498. The number of carbonyl (C=O) groups is 1. The molecule has 146 valence electrons. The molecule has 1 N–H and O–H groups in total. The lowest BCUT2D eigenvalue weighted by Crippen LogP contribution is -2.40. The number of piperidine rings is 1. The molecule has 1 aliphatic heterocycles. The number of fused-ring (bicyclic) bond motifs is 1. The smallest absolute Gasteiger partial charge is 0.238 e. The molecule has 2 heterocycles. The summed E-state index contributed by atoms with van der Waals surface area (Å²) in [4.78, 5) is 14.7. The Balaban J connectivity index is 1.35. The van der Waals surface area contributed by atoms with E-state index in [1.807, 2.05) is 19.1 Å². The average Bonchev–Trinajstić information content (AvgIpc) is 3.09. The molecule has 6 nitrogen and oxygen atoms in total. The Morgan fingerprint density at radius 2 is 1.93 bits per heavy atom. The Labute approximate surface area is 165 Å². The number of hydrogen-bond donors (Lipinski definition) is 1. The van der Waals surface area contributed by atoms with Gasteiger partial charge in [0, 0.05) is 18.8 Å². The van der Waals surface area contributed by atoms with Gasteiger partial charge in [0.25, 0.3) is 0 Å². The molecule has 0 radical (unpaired) electrons. The van der Waals surface area contributed by atoms with E-state index in [2.05, 4.69) is 63.3 Å². The van der Waals surface area contributed by atoms with Crippen LogP contribution in [0.1, 0.15) is 35.6 Å². The Kier molecular flexibility index (Phi) is 5.13. The highest BCUT2D eigenvalue weighted by Crippen LogP contribution is 2.26. The van der Waals surface area contributed by atoms with Crippen molar-refractivity contribution >= 4 is 22.6 Å². The number of anilines is 1. The van der Waals surface area contributed by atoms with Crippen LogP contribution in [0.3, 0.4) is 0 Å². The quantitative estimate of drug-likeness (QED) is 0.754. The summed E-state index contributed by atoms with van der Waals surface area (Å²) in [6.45, 7) is 8.37. The van der Waals surface area contributed by atoms with Gasteiger partial charge in [-0.25, -0.2) is 4.68 Å². The lowest BCUT2D eigenvalue weighted by Gasteiger charge is -2.31. The molecule has 4 rings (SSSR count). The minimum absolute atomic E-state index is 0.0498. The predicted molar refractivity (Wildman–Crippen MR) is 112 cm³/mol. The van der Waals surface area contributed by atoms with E-state index in [0.29, 0.717) is 12.6 Å². The van der Waals surface area contributed by atoms with Crippen LogP contribution in [-0.4, -0.2) is 45.4 Å². The third kappa shape index (κ3) is 3.78. The SMILES string of the molecule is Cc1ccc2c(c1)nnn2C1CCN(CC(=O)Nc2cccc(C)c2C)CC1. The van der Waals surface area contributed by atoms with Crippen LogP contribution < -0.4 is 5.32 Å². The van der Waals surface area contributed by atoms with Crippen LogP contribution >= 0.6 is 0 Å². The van der Waals surface area contributed by atoms with Crippen molar-refractivity contribution in [2.24, 2.45) is 0 Å². The van der Waals surface area contributed by atoms with E-state index in [1.54, 1.807) is 0 Å². The van der Waals surface area contributed by atoms with Gasteiger partial charge < -0.3 is 5.32 Å². The Hall–Kier alpha value is -2.73. The maximum Gasteiger partial charge on any atom is 0.238 e. The summed E-state index contributed by atoms with van der Waals surface area (Å²) in [5, 5.41) is 11.8. The number of rotatable bonds is 4. The number of hydrogen-bond acceptors (Lipinski definition) is 4. The van der Waals surface area contributed by atoms with Crippen molar-refractivity contribution in [2.75, 3.05) is 25.0 Å². The van der Waals surface area contributed by atoms with Gasteiger partial charge >= 0.3 is 0 Å². The van der Waals surface area contributed by atoms with Gasteiger partial charge in [0.15, 0.2) is 0 Å². The van der Waals surface area contributed by atoms with Crippen LogP contribution in [0.25, 0.3) is 11.0 Å². The maximum atomic E-state index is 12.5. The lowest BCUT2D eigenvalue weighted by molar-refractivity contribution is -0.117. The molecule has 3 aromatic rings. The molecule has 1 aliphatic rings. The fourth-order valence-corrected chi connectivity index (χ4v) is 3.92. The van der Waals surface area contributed by atoms with Crippen molar-refractivity contribution in [2.45, 2.75) is 39.7 Å². The Bertz CT molecular complexity index is 1000. The summed E-state index contributed by atoms with van der Waals surface area (Å²) >= 11 is 0. The molecule has 0 bridgehead atoms. The van der Waals surface area contributed by atoms with Crippen LogP contribution in [0.4, 0.5) is 5.69 Å². The van der Waals surface area contributed by atoms with Crippen LogP contribution in [0.5, 0.6) is 0 Å². The van der Waals surface area contributed by atoms with E-state index >= 15 is 0 Å². The second-order valence-electron chi connectivity index (χ2n) is 7.83. The first-order valence-corrected chi connectivity index (χ1v) is 9.91. The van der Waals surface area contributed by atoms with Crippen molar-refractivity contribution in [3.05, 3.63) is 53.1 Å². The third-order valence-electron chi connectivity index (χ3n) is 5.78. The fraction of sp³-hybridized carbons (Fsp3) is 0.409. The van der Waals surface area contributed by atoms with E-state index in [-0.39, 0.29) is 5.91 Å². The number of amides is 1. The molecular weight excluding hydrogens is 350 g/mol.